The SMILES string of the molecule is OCC1O[C@H]2O[C@H]3C(CO)O[C@@H](O[C@H]4C(CO)O[C@@H](O[C@H]5C(CO)O[C@@H](O[C@H]6C(CO)O[C@@H](O[C@H]7C(CO)O[C@@H](O[C@H]8C(CO)O[C@@H](O[C@H]9C(CO)O[C@@H](O[C@H]%10C(CO)O[C@@H](O[C@@H]1[C@H](O)C2O)C(O)[C@H]%10O)C(O)[C@H]9O)C(O)[C@H]8O)C(O)[C@H]7O)C(O)[C@H]6O)C(O)[C@H]5O)C(O)[C@H]4O)C(O)[C@H]3O. The van der Waals surface area contributed by atoms with Crippen LogP contribution in [0.15, 0.2) is 0 Å². The van der Waals surface area contributed by atoms with E-state index >= 15 is 0 Å². The molecule has 27 fully saturated rings. The Balaban J connectivity index is 0.896. The van der Waals surface area contributed by atoms with Crippen LogP contribution in [0, 0.1) is 0 Å². The molecule has 27 aliphatic heterocycles. The standard InChI is InChI=1S/C54H90O45/c55-1-10-37-19(64)28(73)46(82-10)92-38-11(2-56)84-48(30(75)21(38)66)94-40-13(4-58)86-50(32(77)23(40)68)96-42-15(6-60)88-52(34(79)25(42)70)98-44-17(8-62)90-54(36(81)27(44)72)99-45-18(9-63)89-53(35(80)26(45)71)97-43-16(7-61)87-51(33(78)24(43)69)95-41-14(5-59)85-49(31(76)22(41)67)93-39-12(3-57)83-47(91-37)29(74)20(39)65/h10-81H,1-9H2/t10?,11?,12?,13?,14?,15?,16?,17?,18?,19-,20-,21-,22-,23-,24-,25-,26-,27-,28?,29?,30?,31?,32?,33?,34?,35?,36?,37+,38+,39+,40+,41+,42+,43+,44+,45+,46+,47+,48+,49+,50+,51+,52+,53+,54+/m1/s1. The quantitative estimate of drug-likeness (QED) is 0.102. The van der Waals surface area contributed by atoms with E-state index in [9.17, 15) is 138 Å². The van der Waals surface area contributed by atoms with Crippen LogP contribution in [0.25, 0.3) is 0 Å². The van der Waals surface area contributed by atoms with Crippen LogP contribution in [0.2, 0.25) is 0 Å². The van der Waals surface area contributed by atoms with Crippen LogP contribution in [0.1, 0.15) is 0 Å². The highest BCUT2D eigenvalue weighted by Crippen LogP contribution is 2.40. The van der Waals surface area contributed by atoms with E-state index < -0.39 is 336 Å². The Kier molecular flexibility index (Phi) is 27.4. The Morgan fingerprint density at radius 2 is 0.202 bits per heavy atom. The zero-order valence-corrected chi connectivity index (χ0v) is 51.8. The van der Waals surface area contributed by atoms with Crippen molar-refractivity contribution in [2.24, 2.45) is 0 Å². The molecule has 0 saturated carbocycles. The maximum Gasteiger partial charge on any atom is 0.187 e. The molecular formula is C54H90O45. The van der Waals surface area contributed by atoms with Gasteiger partial charge in [0.15, 0.2) is 56.6 Å². The minimum absolute atomic E-state index is 1.11. The van der Waals surface area contributed by atoms with Crippen LogP contribution in [0.3, 0.4) is 0 Å². The van der Waals surface area contributed by atoms with Crippen molar-refractivity contribution in [1.29, 1.82) is 0 Å². The molecule has 27 rings (SSSR count). The minimum atomic E-state index is -2.28. The van der Waals surface area contributed by atoms with Crippen LogP contribution in [0.4, 0.5) is 0 Å². The Labute approximate surface area is 558 Å². The molecule has 45 atom stereocenters. The molecule has 18 unspecified atom stereocenters. The van der Waals surface area contributed by atoms with Crippen molar-refractivity contribution in [2.75, 3.05) is 59.5 Å². The van der Waals surface area contributed by atoms with Crippen molar-refractivity contribution in [3.05, 3.63) is 0 Å². The zero-order valence-electron chi connectivity index (χ0n) is 51.8. The molecule has 576 valence electrons. The lowest BCUT2D eigenvalue weighted by Crippen LogP contribution is -2.68. The van der Waals surface area contributed by atoms with Gasteiger partial charge in [0.2, 0.25) is 0 Å². The summed E-state index contributed by atoms with van der Waals surface area (Å²) in [6, 6.07) is 0. The first-order valence-corrected chi connectivity index (χ1v) is 31.7. The molecule has 27 saturated heterocycles. The summed E-state index contributed by atoms with van der Waals surface area (Å²) in [5.74, 6) is 0. The molecule has 0 amide bonds. The summed E-state index contributed by atoms with van der Waals surface area (Å²) in [4.78, 5) is 0. The molecule has 27 heterocycles. The normalized spacial score (nSPS) is 55.4. The molecule has 0 spiro atoms. The molecule has 45 nitrogen and oxygen atoms in total. The molecule has 0 aromatic heterocycles. The van der Waals surface area contributed by atoms with Crippen LogP contribution < -0.4 is 0 Å². The van der Waals surface area contributed by atoms with Crippen molar-refractivity contribution in [3.63, 3.8) is 0 Å². The second-order valence-electron chi connectivity index (χ2n) is 25.3. The summed E-state index contributed by atoms with van der Waals surface area (Å²) < 4.78 is 103. The summed E-state index contributed by atoms with van der Waals surface area (Å²) in [7, 11) is 0. The Morgan fingerprint density at radius 1 is 0.121 bits per heavy atom. The molecule has 0 aliphatic carbocycles. The second-order valence-corrected chi connectivity index (χ2v) is 25.3. The summed E-state index contributed by atoms with van der Waals surface area (Å²) in [5.41, 5.74) is 0. The van der Waals surface area contributed by atoms with Gasteiger partial charge in [0, 0.05) is 0 Å². The lowest BCUT2D eigenvalue weighted by molar-refractivity contribution is -0.399. The van der Waals surface area contributed by atoms with E-state index in [0.717, 1.165) is 0 Å². The molecular weight excluding hydrogens is 1370 g/mol. The van der Waals surface area contributed by atoms with E-state index in [-0.39, 0.29) is 0 Å². The van der Waals surface area contributed by atoms with E-state index in [1.807, 2.05) is 0 Å². The average molecular weight is 1460 g/mol. The van der Waals surface area contributed by atoms with E-state index in [2.05, 4.69) is 0 Å². The van der Waals surface area contributed by atoms with E-state index in [4.69, 9.17) is 85.3 Å². The molecule has 18 bridgehead atoms. The van der Waals surface area contributed by atoms with Crippen molar-refractivity contribution in [2.45, 2.75) is 276 Å². The largest absolute Gasteiger partial charge is 0.394 e. The average Bonchev–Trinajstić information content (AvgIpc) is 0.780. The van der Waals surface area contributed by atoms with Crippen molar-refractivity contribution < 1.29 is 223 Å². The molecule has 27 aliphatic rings. The maximum atomic E-state index is 11.5. The van der Waals surface area contributed by atoms with Crippen LogP contribution >= 0.6 is 0 Å². The third-order valence-electron chi connectivity index (χ3n) is 19.0. The van der Waals surface area contributed by atoms with Crippen molar-refractivity contribution in [1.82, 2.24) is 0 Å². The van der Waals surface area contributed by atoms with Gasteiger partial charge in [-0.15, -0.1) is 0 Å². The molecule has 0 aromatic rings. The maximum absolute atomic E-state index is 11.5. The van der Waals surface area contributed by atoms with Gasteiger partial charge in [-0.1, -0.05) is 0 Å². The third kappa shape index (κ3) is 15.8. The summed E-state index contributed by atoms with van der Waals surface area (Å²) in [6.45, 7) is -9.99. The van der Waals surface area contributed by atoms with Gasteiger partial charge >= 0.3 is 0 Å². The number of hydrogen-bond donors (Lipinski definition) is 27. The lowest BCUT2D eigenvalue weighted by atomic mass is 9.95. The lowest BCUT2D eigenvalue weighted by Gasteiger charge is -2.50. The molecule has 45 heteroatoms. The third-order valence-corrected chi connectivity index (χ3v) is 19.0. The first kappa shape index (κ1) is 79.8. The first-order valence-electron chi connectivity index (χ1n) is 31.7. The fourth-order valence-corrected chi connectivity index (χ4v) is 13.4. The molecule has 99 heavy (non-hydrogen) atoms. The van der Waals surface area contributed by atoms with Gasteiger partial charge in [0.1, 0.15) is 220 Å². The zero-order chi connectivity index (χ0) is 72.1. The summed E-state index contributed by atoms with van der Waals surface area (Å²) in [5, 5.41) is 300. The van der Waals surface area contributed by atoms with E-state index in [1.54, 1.807) is 0 Å². The Bertz CT molecular complexity index is 1940. The van der Waals surface area contributed by atoms with Crippen LogP contribution in [-0.2, 0) is 85.3 Å². The Hall–Kier alpha value is -1.80. The predicted molar refractivity (Wildman–Crippen MR) is 294 cm³/mol. The molecule has 0 aromatic carbocycles. The minimum Gasteiger partial charge on any atom is -0.394 e. The summed E-state index contributed by atoms with van der Waals surface area (Å²) >= 11 is 0. The molecule has 27 N–H and O–H groups in total. The fourth-order valence-electron chi connectivity index (χ4n) is 13.4. The highest BCUT2D eigenvalue weighted by molar-refractivity contribution is 5.03. The van der Waals surface area contributed by atoms with Gasteiger partial charge in [0.05, 0.1) is 59.5 Å². The number of aliphatic hydroxyl groups is 27. The fraction of sp³-hybridized carbons (Fsp3) is 1.00. The smallest absolute Gasteiger partial charge is 0.187 e. The second kappa shape index (κ2) is 34.0. The predicted octanol–water partition coefficient (Wildman–Crippen LogP) is -19.6. The van der Waals surface area contributed by atoms with Gasteiger partial charge in [-0.2, -0.15) is 0 Å². The Morgan fingerprint density at radius 3 is 0.273 bits per heavy atom. The van der Waals surface area contributed by atoms with Crippen LogP contribution in [-0.4, -0.2) is 474 Å². The highest BCUT2D eigenvalue weighted by atomic mass is 16.8. The van der Waals surface area contributed by atoms with Gasteiger partial charge in [-0.05, 0) is 0 Å². The topological polar surface area (TPSA) is 712 Å². The number of hydrogen-bond acceptors (Lipinski definition) is 45. The monoisotopic (exact) mass is 1460 g/mol. The number of aliphatic hydroxyl groups excluding tert-OH is 27. The first-order chi connectivity index (χ1) is 47.1. The van der Waals surface area contributed by atoms with Crippen LogP contribution in [0.5, 0.6) is 0 Å². The number of ether oxygens (including phenoxy) is 18. The van der Waals surface area contributed by atoms with E-state index in [0.29, 0.717) is 0 Å². The van der Waals surface area contributed by atoms with Crippen molar-refractivity contribution in [3.8, 4) is 0 Å². The van der Waals surface area contributed by atoms with Gasteiger partial charge in [-0.25, -0.2) is 0 Å². The van der Waals surface area contributed by atoms with Gasteiger partial charge < -0.3 is 223 Å². The van der Waals surface area contributed by atoms with E-state index in [1.165, 1.54) is 0 Å². The highest BCUT2D eigenvalue weighted by Gasteiger charge is 2.61. The summed E-state index contributed by atoms with van der Waals surface area (Å²) in [6.07, 6.45) is -93.8. The van der Waals surface area contributed by atoms with Gasteiger partial charge in [0.25, 0.3) is 0 Å². The number of rotatable bonds is 9. The van der Waals surface area contributed by atoms with Crippen molar-refractivity contribution >= 4 is 0 Å². The molecule has 0 radical (unpaired) electrons. The van der Waals surface area contributed by atoms with Gasteiger partial charge in [-0.3, -0.25) is 0 Å².